The van der Waals surface area contributed by atoms with Crippen LogP contribution in [0.4, 0.5) is 0 Å². The molecule has 59 heavy (non-hydrogen) atoms. The van der Waals surface area contributed by atoms with Crippen LogP contribution in [0.15, 0.2) is 85.1 Å². The fourth-order valence-electron chi connectivity index (χ4n) is 5.80. The van der Waals surface area contributed by atoms with E-state index >= 15 is 0 Å². The molecule has 0 heterocycles. The van der Waals surface area contributed by atoms with E-state index in [1.807, 2.05) is 12.2 Å². The van der Waals surface area contributed by atoms with Gasteiger partial charge >= 0.3 is 19.8 Å². The lowest BCUT2D eigenvalue weighted by Gasteiger charge is -2.41. The number of esters is 2. The monoisotopic (exact) mass is 852 g/mol. The van der Waals surface area contributed by atoms with Gasteiger partial charge in [-0.05, 0) is 70.6 Å². The van der Waals surface area contributed by atoms with Crippen LogP contribution in [0.5, 0.6) is 0 Å². The van der Waals surface area contributed by atoms with Crippen LogP contribution in [0, 0.1) is 0 Å². The number of ether oxygens (including phenoxy) is 2. The minimum atomic E-state index is -5.15. The third-order valence-corrected chi connectivity index (χ3v) is 10.2. The summed E-state index contributed by atoms with van der Waals surface area (Å²) in [5, 5.41) is 50.0. The van der Waals surface area contributed by atoms with Crippen LogP contribution in [-0.4, -0.2) is 98.3 Å². The summed E-state index contributed by atoms with van der Waals surface area (Å²) in [5.74, 6) is -1.27. The van der Waals surface area contributed by atoms with E-state index < -0.39 is 75.7 Å². The van der Waals surface area contributed by atoms with Crippen LogP contribution in [0.25, 0.3) is 0 Å². The molecule has 0 spiro atoms. The topological polar surface area (TPSA) is 210 Å². The van der Waals surface area contributed by atoms with E-state index in [2.05, 4.69) is 74.6 Å². The average Bonchev–Trinajstić information content (AvgIpc) is 3.21. The second-order valence-corrected chi connectivity index (χ2v) is 15.9. The molecule has 0 aromatic heterocycles. The summed E-state index contributed by atoms with van der Waals surface area (Å²) in [4.78, 5) is 35.5. The highest BCUT2D eigenvalue weighted by Crippen LogP contribution is 2.47. The quantitative estimate of drug-likeness (QED) is 0.0162. The number of allylic oxidation sites excluding steroid dienone is 13. The standard InChI is InChI=1S/C45H73O13P/c1-3-5-7-9-11-13-15-17-19-21-23-25-27-29-31-33-38(46)55-35-37(36-56-59(53,54)58-45-43(51)41(49)40(48)42(50)44(45)52)57-39(47)34-32-30-28-26-24-22-20-18-16-14-12-10-8-6-4-2/h6,8,11-14,17-20,24,26,30,32,37,40-45,48-52H,3-5,7,9-10,15-16,21-23,25,27-29,31,33-36H2,1-2H3,(H,53,54)/b8-6-,13-11-,14-12-,19-17-,20-18-,26-24-,32-30-. The van der Waals surface area contributed by atoms with Gasteiger partial charge in [0.25, 0.3) is 0 Å². The number of aliphatic hydroxyl groups excluding tert-OH is 5. The Balaban J connectivity index is 2.58. The number of aliphatic hydroxyl groups is 5. The van der Waals surface area contributed by atoms with Crippen LogP contribution in [-0.2, 0) is 32.7 Å². The third-order valence-electron chi connectivity index (χ3n) is 9.25. The number of carbonyl (C=O) groups excluding carboxylic acids is 2. The molecule has 0 aliphatic heterocycles. The Morgan fingerprint density at radius 1 is 0.559 bits per heavy atom. The summed E-state index contributed by atoms with van der Waals surface area (Å²) in [6.45, 7) is 3.03. The van der Waals surface area contributed by atoms with Gasteiger partial charge in [-0.1, -0.05) is 131 Å². The van der Waals surface area contributed by atoms with Gasteiger partial charge in [-0.25, -0.2) is 4.57 Å². The number of unbranched alkanes of at least 4 members (excludes halogenated alkanes) is 8. The molecule has 1 saturated carbocycles. The maximum Gasteiger partial charge on any atom is 0.472 e. The second-order valence-electron chi connectivity index (χ2n) is 14.5. The Morgan fingerprint density at radius 2 is 1.02 bits per heavy atom. The van der Waals surface area contributed by atoms with E-state index in [1.165, 1.54) is 19.3 Å². The molecule has 14 heteroatoms. The molecule has 0 saturated heterocycles. The maximum absolute atomic E-state index is 12.8. The largest absolute Gasteiger partial charge is 0.472 e. The van der Waals surface area contributed by atoms with Crippen molar-refractivity contribution in [2.45, 2.75) is 172 Å². The summed E-state index contributed by atoms with van der Waals surface area (Å²) in [6.07, 6.45) is 31.0. The summed E-state index contributed by atoms with van der Waals surface area (Å²) in [6, 6.07) is 0. The highest BCUT2D eigenvalue weighted by atomic mass is 31.2. The molecule has 0 amide bonds. The van der Waals surface area contributed by atoms with Crippen molar-refractivity contribution in [3.05, 3.63) is 85.1 Å². The Labute approximate surface area is 352 Å². The average molecular weight is 853 g/mol. The SMILES string of the molecule is CC/C=C\C/C=C\C/C=C\C/C=C\C/C=C\CC(=O)OC(COC(=O)CCCCCCC/C=C\C/C=C\CCCCC)COP(=O)(O)OC1C(O)C(O)C(O)C(O)C1O. The molecule has 0 bridgehead atoms. The molecule has 6 atom stereocenters. The van der Waals surface area contributed by atoms with Crippen LogP contribution in [0.2, 0.25) is 0 Å². The number of hydrogen-bond acceptors (Lipinski definition) is 12. The van der Waals surface area contributed by atoms with Gasteiger partial charge in [-0.3, -0.25) is 18.6 Å². The summed E-state index contributed by atoms with van der Waals surface area (Å²) in [5.41, 5.74) is 0. The van der Waals surface area contributed by atoms with Gasteiger partial charge in [-0.2, -0.15) is 0 Å². The lowest BCUT2D eigenvalue weighted by Crippen LogP contribution is -2.64. The van der Waals surface area contributed by atoms with Gasteiger partial charge in [0, 0.05) is 6.42 Å². The van der Waals surface area contributed by atoms with Crippen molar-refractivity contribution in [2.75, 3.05) is 13.2 Å². The molecule has 0 radical (unpaired) electrons. The Hall–Kier alpha value is -2.97. The van der Waals surface area contributed by atoms with E-state index in [-0.39, 0.29) is 12.8 Å². The summed E-state index contributed by atoms with van der Waals surface area (Å²) >= 11 is 0. The highest BCUT2D eigenvalue weighted by molar-refractivity contribution is 7.47. The Bertz CT molecular complexity index is 1360. The van der Waals surface area contributed by atoms with E-state index in [1.54, 1.807) is 12.2 Å². The lowest BCUT2D eigenvalue weighted by molar-refractivity contribution is -0.220. The van der Waals surface area contributed by atoms with Crippen LogP contribution < -0.4 is 0 Å². The smallest absolute Gasteiger partial charge is 0.462 e. The fraction of sp³-hybridized carbons (Fsp3) is 0.644. The minimum absolute atomic E-state index is 0.127. The third kappa shape index (κ3) is 27.5. The molecular formula is C45H73O13P. The first-order valence-electron chi connectivity index (χ1n) is 21.4. The van der Waals surface area contributed by atoms with Gasteiger partial charge in [0.05, 0.1) is 13.0 Å². The number of phosphoric acid groups is 1. The number of carbonyl (C=O) groups is 2. The molecule has 13 nitrogen and oxygen atoms in total. The molecule has 1 aliphatic carbocycles. The van der Waals surface area contributed by atoms with Gasteiger partial charge in [0.1, 0.15) is 43.2 Å². The molecule has 1 rings (SSSR count). The van der Waals surface area contributed by atoms with Crippen molar-refractivity contribution in [1.82, 2.24) is 0 Å². The molecule has 6 unspecified atom stereocenters. The van der Waals surface area contributed by atoms with Crippen molar-refractivity contribution >= 4 is 19.8 Å². The first-order valence-corrected chi connectivity index (χ1v) is 22.9. The minimum Gasteiger partial charge on any atom is -0.462 e. The van der Waals surface area contributed by atoms with Gasteiger partial charge in [0.2, 0.25) is 0 Å². The van der Waals surface area contributed by atoms with E-state index in [0.717, 1.165) is 70.6 Å². The maximum atomic E-state index is 12.8. The predicted octanol–water partition coefficient (Wildman–Crippen LogP) is 7.72. The first-order chi connectivity index (χ1) is 28.4. The Morgan fingerprint density at radius 3 is 1.56 bits per heavy atom. The van der Waals surface area contributed by atoms with Crippen LogP contribution in [0.1, 0.15) is 129 Å². The normalized spacial score (nSPS) is 23.2. The highest BCUT2D eigenvalue weighted by Gasteiger charge is 2.51. The second kappa shape index (κ2) is 34.7. The van der Waals surface area contributed by atoms with Crippen molar-refractivity contribution in [3.8, 4) is 0 Å². The first kappa shape index (κ1) is 54.0. The zero-order chi connectivity index (χ0) is 43.6. The van der Waals surface area contributed by atoms with Gasteiger partial charge in [0.15, 0.2) is 6.10 Å². The van der Waals surface area contributed by atoms with E-state index in [4.69, 9.17) is 18.5 Å². The van der Waals surface area contributed by atoms with E-state index in [9.17, 15) is 44.6 Å². The fourth-order valence-corrected chi connectivity index (χ4v) is 6.77. The van der Waals surface area contributed by atoms with E-state index in [0.29, 0.717) is 12.8 Å². The predicted molar refractivity (Wildman–Crippen MR) is 230 cm³/mol. The van der Waals surface area contributed by atoms with Crippen LogP contribution >= 0.6 is 7.82 Å². The number of phosphoric ester groups is 1. The zero-order valence-corrected chi connectivity index (χ0v) is 36.1. The van der Waals surface area contributed by atoms with Crippen LogP contribution in [0.3, 0.4) is 0 Å². The molecular weight excluding hydrogens is 779 g/mol. The van der Waals surface area contributed by atoms with Crippen molar-refractivity contribution in [1.29, 1.82) is 0 Å². The number of rotatable bonds is 33. The van der Waals surface area contributed by atoms with Crippen molar-refractivity contribution < 1.29 is 63.1 Å². The molecule has 0 aromatic carbocycles. The number of hydrogen-bond donors (Lipinski definition) is 6. The molecule has 336 valence electrons. The summed E-state index contributed by atoms with van der Waals surface area (Å²) in [7, 11) is -5.15. The molecule has 1 fully saturated rings. The molecule has 1 aliphatic rings. The zero-order valence-electron chi connectivity index (χ0n) is 35.3. The van der Waals surface area contributed by atoms with Gasteiger partial charge in [-0.15, -0.1) is 0 Å². The Kier molecular flexibility index (Phi) is 31.8. The van der Waals surface area contributed by atoms with Gasteiger partial charge < -0.3 is 39.9 Å². The molecule has 0 aromatic rings. The molecule has 6 N–H and O–H groups in total. The van der Waals surface area contributed by atoms with Crippen molar-refractivity contribution in [2.24, 2.45) is 0 Å². The van der Waals surface area contributed by atoms with Crippen molar-refractivity contribution in [3.63, 3.8) is 0 Å². The summed E-state index contributed by atoms with van der Waals surface area (Å²) < 4.78 is 33.3. The lowest BCUT2D eigenvalue weighted by atomic mass is 9.85.